The maximum atomic E-state index is 15.8. The summed E-state index contributed by atoms with van der Waals surface area (Å²) in [7, 11) is 4.00. The van der Waals surface area contributed by atoms with Crippen LogP contribution in [0.5, 0.6) is 11.8 Å². The fourth-order valence-electron chi connectivity index (χ4n) is 4.42. The summed E-state index contributed by atoms with van der Waals surface area (Å²) in [5, 5.41) is 11.5. The molecule has 5 rings (SSSR count). The van der Waals surface area contributed by atoms with Crippen LogP contribution in [0.1, 0.15) is 12.8 Å². The van der Waals surface area contributed by atoms with E-state index in [0.717, 1.165) is 25.5 Å². The molecular weight excluding hydrogens is 426 g/mol. The summed E-state index contributed by atoms with van der Waals surface area (Å²) >= 11 is 0. The molecule has 6 nitrogen and oxygen atoms in total. The molecule has 8 heteroatoms. The molecule has 1 heterocycles. The molecule has 0 unspecified atom stereocenters. The molecule has 0 bridgehead atoms. The Balaban J connectivity index is 1.61. The van der Waals surface area contributed by atoms with Gasteiger partial charge in [0.25, 0.3) is 0 Å². The van der Waals surface area contributed by atoms with Crippen molar-refractivity contribution in [1.29, 1.82) is 0 Å². The molecule has 1 aliphatic rings. The molecule has 170 valence electrons. The van der Waals surface area contributed by atoms with E-state index in [1.807, 2.05) is 14.1 Å². The maximum absolute atomic E-state index is 15.8. The zero-order chi connectivity index (χ0) is 23.3. The van der Waals surface area contributed by atoms with E-state index >= 15 is 8.78 Å². The van der Waals surface area contributed by atoms with Gasteiger partial charge in [0.15, 0.2) is 5.82 Å². The Kier molecular flexibility index (Phi) is 5.05. The highest BCUT2D eigenvalue weighted by Gasteiger charge is 2.44. The number of benzene rings is 3. The highest BCUT2D eigenvalue weighted by atomic mass is 19.1. The fraction of sp³-hybridized carbons (Fsp3) is 0.280. The second-order valence-electron chi connectivity index (χ2n) is 9.08. The third-order valence-corrected chi connectivity index (χ3v) is 6.12. The lowest BCUT2D eigenvalue weighted by molar-refractivity contribution is 0.183. The van der Waals surface area contributed by atoms with Gasteiger partial charge in [0.2, 0.25) is 0 Å². The lowest BCUT2D eigenvalue weighted by Gasteiger charge is -2.20. The Morgan fingerprint density at radius 2 is 1.85 bits per heavy atom. The first kappa shape index (κ1) is 21.3. The summed E-state index contributed by atoms with van der Waals surface area (Å²) in [5.74, 6) is -1.85. The molecule has 0 atom stereocenters. The highest BCUT2D eigenvalue weighted by molar-refractivity contribution is 6.01. The molecule has 3 aromatic carbocycles. The van der Waals surface area contributed by atoms with Gasteiger partial charge < -0.3 is 20.5 Å². The molecule has 0 spiro atoms. The number of phenols is 1. The van der Waals surface area contributed by atoms with Crippen LogP contribution in [0.2, 0.25) is 0 Å². The predicted molar refractivity (Wildman–Crippen MR) is 124 cm³/mol. The molecule has 4 aromatic rings. The van der Waals surface area contributed by atoms with Crippen molar-refractivity contribution in [2.45, 2.75) is 12.8 Å². The van der Waals surface area contributed by atoms with Gasteiger partial charge in [-0.3, -0.25) is 0 Å². The number of nitrogens with zero attached hydrogens (tertiary/aromatic N) is 3. The molecule has 1 saturated carbocycles. The van der Waals surface area contributed by atoms with Gasteiger partial charge in [-0.05, 0) is 61.5 Å². The van der Waals surface area contributed by atoms with Crippen molar-refractivity contribution in [3.8, 4) is 22.9 Å². The average Bonchev–Trinajstić information content (AvgIpc) is 3.52. The molecule has 3 N–H and O–H groups in total. The Hall–Kier alpha value is -3.52. The third kappa shape index (κ3) is 3.91. The van der Waals surface area contributed by atoms with Crippen LogP contribution in [-0.4, -0.2) is 47.2 Å². The van der Waals surface area contributed by atoms with Crippen LogP contribution < -0.4 is 10.5 Å². The molecule has 0 amide bonds. The zero-order valence-electron chi connectivity index (χ0n) is 18.4. The van der Waals surface area contributed by atoms with Gasteiger partial charge in [-0.25, -0.2) is 8.78 Å². The van der Waals surface area contributed by atoms with Gasteiger partial charge in [0.1, 0.15) is 22.9 Å². The fourth-order valence-corrected chi connectivity index (χ4v) is 4.42. The number of halogens is 2. The number of fused-ring (bicyclic) bond motifs is 2. The summed E-state index contributed by atoms with van der Waals surface area (Å²) in [6.45, 7) is 1.26. The summed E-state index contributed by atoms with van der Waals surface area (Å²) < 4.78 is 36.7. The molecule has 0 radical (unpaired) electrons. The van der Waals surface area contributed by atoms with Crippen molar-refractivity contribution in [3.63, 3.8) is 0 Å². The second kappa shape index (κ2) is 7.81. The van der Waals surface area contributed by atoms with E-state index in [-0.39, 0.29) is 45.0 Å². The minimum absolute atomic E-state index is 0.0313. The molecule has 33 heavy (non-hydrogen) atoms. The van der Waals surface area contributed by atoms with E-state index in [2.05, 4.69) is 14.9 Å². The Morgan fingerprint density at radius 1 is 1.09 bits per heavy atom. The summed E-state index contributed by atoms with van der Waals surface area (Å²) in [6, 6.07) is 11.0. The van der Waals surface area contributed by atoms with Crippen molar-refractivity contribution in [2.75, 3.05) is 33.0 Å². The quantitative estimate of drug-likeness (QED) is 0.442. The number of rotatable bonds is 6. The number of aromatic hydroxyl groups is 1. The molecule has 1 fully saturated rings. The van der Waals surface area contributed by atoms with Crippen LogP contribution in [0, 0.1) is 17.0 Å². The first-order chi connectivity index (χ1) is 15.8. The van der Waals surface area contributed by atoms with Gasteiger partial charge >= 0.3 is 6.01 Å². The summed E-state index contributed by atoms with van der Waals surface area (Å²) in [6.07, 6.45) is 2.06. The number of hydrogen-bond donors (Lipinski definition) is 2. The normalized spacial score (nSPS) is 14.8. The van der Waals surface area contributed by atoms with Gasteiger partial charge in [-0.15, -0.1) is 0 Å². The number of hydrogen-bond acceptors (Lipinski definition) is 6. The topological polar surface area (TPSA) is 84.5 Å². The molecule has 1 aliphatic carbocycles. The molecule has 0 saturated heterocycles. The van der Waals surface area contributed by atoms with E-state index in [9.17, 15) is 5.11 Å². The van der Waals surface area contributed by atoms with Gasteiger partial charge in [0, 0.05) is 17.3 Å². The van der Waals surface area contributed by atoms with Crippen molar-refractivity contribution in [1.82, 2.24) is 14.9 Å². The van der Waals surface area contributed by atoms with E-state index < -0.39 is 11.6 Å². The van der Waals surface area contributed by atoms with Gasteiger partial charge in [-0.2, -0.15) is 9.97 Å². The monoisotopic (exact) mass is 450 g/mol. The van der Waals surface area contributed by atoms with Crippen LogP contribution in [0.25, 0.3) is 32.8 Å². The zero-order valence-corrected chi connectivity index (χ0v) is 18.4. The number of anilines is 1. The van der Waals surface area contributed by atoms with Crippen LogP contribution in [0.4, 0.5) is 14.6 Å². The van der Waals surface area contributed by atoms with Gasteiger partial charge in [-0.1, -0.05) is 24.3 Å². The predicted octanol–water partition coefficient (Wildman–Crippen LogP) is 4.74. The van der Waals surface area contributed by atoms with Crippen molar-refractivity contribution in [2.24, 2.45) is 5.41 Å². The summed E-state index contributed by atoms with van der Waals surface area (Å²) in [5.41, 5.74) is 5.87. The SMILES string of the molecule is CN(C)CC1(COc2nc(N)c3cc(F)c(-c4cc(O)cc5ccccc45)c(F)c3n2)CC1. The van der Waals surface area contributed by atoms with Crippen LogP contribution in [0.15, 0.2) is 42.5 Å². The Morgan fingerprint density at radius 3 is 2.58 bits per heavy atom. The van der Waals surface area contributed by atoms with Crippen molar-refractivity contribution < 1.29 is 18.6 Å². The number of phenolic OH excluding ortho intramolecular Hbond substituents is 1. The number of aromatic nitrogens is 2. The maximum Gasteiger partial charge on any atom is 0.319 e. The minimum atomic E-state index is -0.880. The molecular formula is C25H24F2N4O2. The van der Waals surface area contributed by atoms with E-state index in [1.165, 1.54) is 6.07 Å². The van der Waals surface area contributed by atoms with Gasteiger partial charge in [0.05, 0.1) is 12.2 Å². The first-order valence-corrected chi connectivity index (χ1v) is 10.7. The number of ether oxygens (including phenoxy) is 1. The highest BCUT2D eigenvalue weighted by Crippen LogP contribution is 2.46. The smallest absolute Gasteiger partial charge is 0.319 e. The second-order valence-corrected chi connectivity index (χ2v) is 9.08. The van der Waals surface area contributed by atoms with Crippen LogP contribution in [0.3, 0.4) is 0 Å². The lowest BCUT2D eigenvalue weighted by Crippen LogP contribution is -2.28. The minimum Gasteiger partial charge on any atom is -0.508 e. The van der Waals surface area contributed by atoms with Crippen LogP contribution >= 0.6 is 0 Å². The number of nitrogens with two attached hydrogens (primary N) is 1. The van der Waals surface area contributed by atoms with E-state index in [4.69, 9.17) is 10.5 Å². The molecule has 0 aliphatic heterocycles. The van der Waals surface area contributed by atoms with Crippen molar-refractivity contribution in [3.05, 3.63) is 54.1 Å². The van der Waals surface area contributed by atoms with E-state index in [0.29, 0.717) is 17.4 Å². The lowest BCUT2D eigenvalue weighted by atomic mass is 9.96. The standard InChI is InChI=1S/C25H24F2N4O2/c1-31(2)12-25(7-8-25)13-33-24-29-22-18(23(28)30-24)11-19(26)20(21(22)27)17-10-15(32)9-14-5-3-4-6-16(14)17/h3-6,9-11,32H,7-8,12-13H2,1-2H3,(H2,28,29,30). The Bertz CT molecular complexity index is 1390. The molecule has 1 aromatic heterocycles. The third-order valence-electron chi connectivity index (χ3n) is 6.12. The van der Waals surface area contributed by atoms with Crippen molar-refractivity contribution >= 4 is 27.5 Å². The summed E-state index contributed by atoms with van der Waals surface area (Å²) in [4.78, 5) is 10.5. The number of nitrogen functional groups attached to an aromatic ring is 1. The largest absolute Gasteiger partial charge is 0.508 e. The first-order valence-electron chi connectivity index (χ1n) is 10.7. The Labute approximate surface area is 189 Å². The average molecular weight is 450 g/mol. The van der Waals surface area contributed by atoms with Crippen LogP contribution in [-0.2, 0) is 0 Å². The van der Waals surface area contributed by atoms with E-state index in [1.54, 1.807) is 30.3 Å².